The molecule has 6 heteroatoms. The monoisotopic (exact) mass is 521 g/mol. The average Bonchev–Trinajstić information content (AvgIpc) is 3.23. The van der Waals surface area contributed by atoms with E-state index in [2.05, 4.69) is 57.7 Å². The predicted octanol–water partition coefficient (Wildman–Crippen LogP) is 4.34. The van der Waals surface area contributed by atoms with Gasteiger partial charge in [0.25, 0.3) is 0 Å². The third kappa shape index (κ3) is 5.46. The molecule has 2 aromatic carbocycles. The molecule has 1 fully saturated rings. The number of ether oxygens (including phenoxy) is 2. The Morgan fingerprint density at radius 3 is 2.77 bits per heavy atom. The lowest BCUT2D eigenvalue weighted by atomic mass is 9.98. The molecule has 4 rings (SSSR count). The van der Waals surface area contributed by atoms with Crippen molar-refractivity contribution in [1.29, 1.82) is 0 Å². The topological polar surface area (TPSA) is 46.1 Å². The van der Waals surface area contributed by atoms with Gasteiger partial charge in [0.15, 0.2) is 5.96 Å². The van der Waals surface area contributed by atoms with E-state index < -0.39 is 0 Å². The van der Waals surface area contributed by atoms with E-state index in [9.17, 15) is 0 Å². The number of hydrogen-bond acceptors (Lipinski definition) is 3. The van der Waals surface area contributed by atoms with Gasteiger partial charge in [-0.25, -0.2) is 0 Å². The first-order valence-electron chi connectivity index (χ1n) is 10.6. The van der Waals surface area contributed by atoms with Crippen LogP contribution in [0.2, 0.25) is 0 Å². The molecule has 30 heavy (non-hydrogen) atoms. The molecule has 2 aliphatic rings. The Bertz CT molecular complexity index is 854. The van der Waals surface area contributed by atoms with Gasteiger partial charge in [-0.2, -0.15) is 0 Å². The Labute approximate surface area is 196 Å². The van der Waals surface area contributed by atoms with Crippen LogP contribution in [-0.2, 0) is 17.7 Å². The number of benzene rings is 2. The predicted molar refractivity (Wildman–Crippen MR) is 133 cm³/mol. The first-order valence-corrected chi connectivity index (χ1v) is 10.6. The Morgan fingerprint density at radius 1 is 1.20 bits per heavy atom. The van der Waals surface area contributed by atoms with Gasteiger partial charge in [-0.15, -0.1) is 24.0 Å². The van der Waals surface area contributed by atoms with Gasteiger partial charge < -0.3 is 19.7 Å². The van der Waals surface area contributed by atoms with Gasteiger partial charge in [-0.3, -0.25) is 4.99 Å². The van der Waals surface area contributed by atoms with Crippen molar-refractivity contribution in [2.75, 3.05) is 40.5 Å². The van der Waals surface area contributed by atoms with Crippen molar-refractivity contribution in [1.82, 2.24) is 10.2 Å². The number of halogens is 1. The highest BCUT2D eigenvalue weighted by Gasteiger charge is 2.24. The molecular formula is C24H32IN3O2. The summed E-state index contributed by atoms with van der Waals surface area (Å²) >= 11 is 0. The van der Waals surface area contributed by atoms with Crippen molar-refractivity contribution in [3.63, 3.8) is 0 Å². The molecule has 5 nitrogen and oxygen atoms in total. The molecule has 0 saturated carbocycles. The first kappa shape index (κ1) is 22.9. The maximum absolute atomic E-state index is 5.73. The van der Waals surface area contributed by atoms with Crippen LogP contribution in [0.4, 0.5) is 0 Å². The smallest absolute Gasteiger partial charge is 0.193 e. The van der Waals surface area contributed by atoms with Crippen molar-refractivity contribution in [3.05, 3.63) is 53.6 Å². The number of hydrogen-bond donors (Lipinski definition) is 1. The van der Waals surface area contributed by atoms with Gasteiger partial charge in [-0.05, 0) is 53.6 Å². The fraction of sp³-hybridized carbons (Fsp3) is 0.458. The van der Waals surface area contributed by atoms with Crippen molar-refractivity contribution < 1.29 is 9.47 Å². The number of aliphatic imine (C=N–C) groups is 1. The molecule has 1 N–H and O–H groups in total. The summed E-state index contributed by atoms with van der Waals surface area (Å²) in [5, 5.41) is 3.51. The highest BCUT2D eigenvalue weighted by Crippen LogP contribution is 2.30. The zero-order valence-corrected chi connectivity index (χ0v) is 20.2. The molecule has 1 saturated heterocycles. The number of likely N-dealkylation sites (tertiary alicyclic amines) is 1. The molecule has 2 aromatic rings. The number of fused-ring (bicyclic) bond motifs is 1. The second-order valence-electron chi connectivity index (χ2n) is 7.93. The largest absolute Gasteiger partial charge is 0.493 e. The number of nitrogens with zero attached hydrogens (tertiary/aromatic N) is 2. The zero-order chi connectivity index (χ0) is 20.1. The highest BCUT2D eigenvalue weighted by atomic mass is 127. The standard InChI is InChI=1S/C24H31N3O2.HI/c1-25-24(27-12-11-19(16-27)17-28-2)26-15-18-5-7-20(8-6-18)21-9-10-23-22(14-21)4-3-13-29-23;/h5-10,14,19H,3-4,11-13,15-17H2,1-2H3,(H,25,26);1H. The van der Waals surface area contributed by atoms with Gasteiger partial charge in [0.1, 0.15) is 5.75 Å². The number of rotatable bonds is 5. The van der Waals surface area contributed by atoms with Crippen LogP contribution in [-0.4, -0.2) is 51.3 Å². The van der Waals surface area contributed by atoms with E-state index in [1.165, 1.54) is 22.3 Å². The van der Waals surface area contributed by atoms with Crippen molar-refractivity contribution in [2.45, 2.75) is 25.8 Å². The highest BCUT2D eigenvalue weighted by molar-refractivity contribution is 14.0. The Kier molecular flexibility index (Phi) is 8.39. The number of nitrogens with one attached hydrogen (secondary N) is 1. The molecule has 0 amide bonds. The molecule has 1 unspecified atom stereocenters. The second kappa shape index (κ2) is 11.0. The summed E-state index contributed by atoms with van der Waals surface area (Å²) in [6.07, 6.45) is 3.37. The third-order valence-corrected chi connectivity index (χ3v) is 5.85. The second-order valence-corrected chi connectivity index (χ2v) is 7.93. The third-order valence-electron chi connectivity index (χ3n) is 5.85. The Balaban J connectivity index is 0.00000256. The summed E-state index contributed by atoms with van der Waals surface area (Å²) < 4.78 is 11.0. The zero-order valence-electron chi connectivity index (χ0n) is 17.9. The Hall–Kier alpha value is -1.80. The van der Waals surface area contributed by atoms with Gasteiger partial charge in [-0.1, -0.05) is 30.3 Å². The number of aryl methyl sites for hydroxylation is 1. The average molecular weight is 521 g/mol. The fourth-order valence-electron chi connectivity index (χ4n) is 4.27. The number of methoxy groups -OCH3 is 1. The van der Waals surface area contributed by atoms with Crippen LogP contribution in [0.25, 0.3) is 11.1 Å². The van der Waals surface area contributed by atoms with Gasteiger partial charge >= 0.3 is 0 Å². The molecule has 0 spiro atoms. The maximum Gasteiger partial charge on any atom is 0.193 e. The van der Waals surface area contributed by atoms with Gasteiger partial charge in [0.05, 0.1) is 13.2 Å². The van der Waals surface area contributed by atoms with E-state index in [1.54, 1.807) is 7.11 Å². The van der Waals surface area contributed by atoms with Crippen molar-refractivity contribution in [3.8, 4) is 16.9 Å². The van der Waals surface area contributed by atoms with Crippen molar-refractivity contribution in [2.24, 2.45) is 10.9 Å². The summed E-state index contributed by atoms with van der Waals surface area (Å²) in [5.74, 6) is 2.61. The van der Waals surface area contributed by atoms with E-state index in [0.29, 0.717) is 5.92 Å². The summed E-state index contributed by atoms with van der Waals surface area (Å²) in [7, 11) is 3.63. The van der Waals surface area contributed by atoms with Crippen LogP contribution in [0.15, 0.2) is 47.5 Å². The summed E-state index contributed by atoms with van der Waals surface area (Å²) in [4.78, 5) is 6.79. The quantitative estimate of drug-likeness (QED) is 0.362. The van der Waals surface area contributed by atoms with Crippen LogP contribution in [0, 0.1) is 5.92 Å². The molecule has 2 heterocycles. The van der Waals surface area contributed by atoms with Crippen LogP contribution < -0.4 is 10.1 Å². The molecule has 0 radical (unpaired) electrons. The van der Waals surface area contributed by atoms with Crippen LogP contribution >= 0.6 is 24.0 Å². The van der Waals surface area contributed by atoms with E-state index in [4.69, 9.17) is 9.47 Å². The minimum Gasteiger partial charge on any atom is -0.493 e. The lowest BCUT2D eigenvalue weighted by Crippen LogP contribution is -2.39. The summed E-state index contributed by atoms with van der Waals surface area (Å²) in [6.45, 7) is 4.48. The summed E-state index contributed by atoms with van der Waals surface area (Å²) in [5.41, 5.74) is 5.07. The molecule has 162 valence electrons. The van der Waals surface area contributed by atoms with Crippen LogP contribution in [0.1, 0.15) is 24.0 Å². The molecule has 1 atom stereocenters. The maximum atomic E-state index is 5.73. The molecule has 2 aliphatic heterocycles. The van der Waals surface area contributed by atoms with Gasteiger partial charge in [0, 0.05) is 39.7 Å². The molecule has 0 aliphatic carbocycles. The Morgan fingerprint density at radius 2 is 2.00 bits per heavy atom. The van der Waals surface area contributed by atoms with E-state index in [1.807, 2.05) is 7.05 Å². The first-order chi connectivity index (χ1) is 14.3. The van der Waals surface area contributed by atoms with Crippen LogP contribution in [0.3, 0.4) is 0 Å². The van der Waals surface area contributed by atoms with E-state index in [0.717, 1.165) is 63.8 Å². The lowest BCUT2D eigenvalue weighted by molar-refractivity contribution is 0.157. The normalized spacial score (nSPS) is 18.4. The van der Waals surface area contributed by atoms with Crippen LogP contribution in [0.5, 0.6) is 5.75 Å². The lowest BCUT2D eigenvalue weighted by Gasteiger charge is -2.22. The molecular weight excluding hydrogens is 489 g/mol. The van der Waals surface area contributed by atoms with Crippen molar-refractivity contribution >= 4 is 29.9 Å². The summed E-state index contributed by atoms with van der Waals surface area (Å²) in [6, 6.07) is 15.3. The fourth-order valence-corrected chi connectivity index (χ4v) is 4.27. The van der Waals surface area contributed by atoms with Gasteiger partial charge in [0.2, 0.25) is 0 Å². The van der Waals surface area contributed by atoms with E-state index >= 15 is 0 Å². The molecule has 0 aromatic heterocycles. The minimum atomic E-state index is 0. The van der Waals surface area contributed by atoms with E-state index in [-0.39, 0.29) is 24.0 Å². The molecule has 0 bridgehead atoms. The minimum absolute atomic E-state index is 0. The number of guanidine groups is 1. The SMILES string of the molecule is CN=C(NCc1ccc(-c2ccc3c(c2)CCCO3)cc1)N1CCC(COC)C1.I.